The number of carboxylic acid groups (broad SMARTS) is 1. The van der Waals surface area contributed by atoms with Crippen LogP contribution in [0.4, 0.5) is 0 Å². The molecule has 0 spiro atoms. The minimum absolute atomic E-state index is 0.327. The van der Waals surface area contributed by atoms with Crippen molar-refractivity contribution in [1.82, 2.24) is 0 Å². The van der Waals surface area contributed by atoms with Gasteiger partial charge in [0.1, 0.15) is 12.2 Å². The van der Waals surface area contributed by atoms with Crippen molar-refractivity contribution in [1.29, 1.82) is 0 Å². The Kier molecular flexibility index (Phi) is 5.31. The highest BCUT2D eigenvalue weighted by Gasteiger charge is 2.50. The standard InChI is InChI=1S/C16H18O9/c17-9-3-1-8(5-10(9)18)2-4-13(20)25-12-7-16(24,15(22)23)6-11(19)14(12)21/h1-5,11-12,14,17-19,21,24H,6-7H2,(H,22,23)/b4-2+/t11-,12+,14-,16+/m0/s1. The Labute approximate surface area is 142 Å². The number of phenolic OH excluding ortho intramolecular Hbond substituents is 2. The van der Waals surface area contributed by atoms with Crippen molar-refractivity contribution in [3.8, 4) is 11.5 Å². The number of hydrogen-bond acceptors (Lipinski definition) is 8. The van der Waals surface area contributed by atoms with Crippen LogP contribution in [0.2, 0.25) is 0 Å². The topological polar surface area (TPSA) is 165 Å². The van der Waals surface area contributed by atoms with E-state index in [9.17, 15) is 35.1 Å². The highest BCUT2D eigenvalue weighted by molar-refractivity contribution is 5.87. The molecule has 1 aliphatic carbocycles. The molecule has 9 nitrogen and oxygen atoms in total. The molecule has 136 valence electrons. The highest BCUT2D eigenvalue weighted by Crippen LogP contribution is 2.31. The van der Waals surface area contributed by atoms with Crippen LogP contribution in [0.1, 0.15) is 18.4 Å². The maximum atomic E-state index is 11.8. The first-order valence-electron chi connectivity index (χ1n) is 7.35. The Hall–Kier alpha value is -2.62. The van der Waals surface area contributed by atoms with E-state index in [4.69, 9.17) is 9.84 Å². The van der Waals surface area contributed by atoms with Gasteiger partial charge in [-0.2, -0.15) is 0 Å². The smallest absolute Gasteiger partial charge is 0.335 e. The minimum atomic E-state index is -2.31. The Bertz CT molecular complexity index is 699. The van der Waals surface area contributed by atoms with Gasteiger partial charge in [0.25, 0.3) is 0 Å². The number of carbonyl (C=O) groups is 2. The Balaban J connectivity index is 2.06. The van der Waals surface area contributed by atoms with E-state index in [-0.39, 0.29) is 11.5 Å². The number of aromatic hydroxyl groups is 2. The fourth-order valence-electron chi connectivity index (χ4n) is 2.53. The molecule has 1 aromatic carbocycles. The van der Waals surface area contributed by atoms with Gasteiger partial charge in [0.15, 0.2) is 17.1 Å². The highest BCUT2D eigenvalue weighted by atomic mass is 16.6. The van der Waals surface area contributed by atoms with Crippen LogP contribution in [0.25, 0.3) is 6.08 Å². The number of benzene rings is 1. The SMILES string of the molecule is O=C(/C=C/c1ccc(O)c(O)c1)O[C@@H]1C[C@@](O)(C(=O)O)C[C@H](O)[C@@H]1O. The zero-order chi connectivity index (χ0) is 18.8. The van der Waals surface area contributed by atoms with E-state index in [1.54, 1.807) is 0 Å². The molecule has 6 N–H and O–H groups in total. The number of rotatable bonds is 4. The summed E-state index contributed by atoms with van der Waals surface area (Å²) in [5, 5.41) is 57.0. The number of aliphatic carboxylic acids is 1. The van der Waals surface area contributed by atoms with Gasteiger partial charge in [-0.25, -0.2) is 9.59 Å². The summed E-state index contributed by atoms with van der Waals surface area (Å²) in [6.07, 6.45) is -3.44. The van der Waals surface area contributed by atoms with Crippen LogP contribution in [0, 0.1) is 0 Å². The molecule has 2 rings (SSSR count). The second kappa shape index (κ2) is 7.09. The van der Waals surface area contributed by atoms with Gasteiger partial charge in [-0.15, -0.1) is 0 Å². The molecular formula is C16H18O9. The molecule has 1 fully saturated rings. The van der Waals surface area contributed by atoms with Crippen LogP contribution in [-0.4, -0.2) is 66.5 Å². The zero-order valence-electron chi connectivity index (χ0n) is 12.9. The summed E-state index contributed by atoms with van der Waals surface area (Å²) in [6.45, 7) is 0. The number of phenols is 2. The number of carbonyl (C=O) groups excluding carboxylic acids is 1. The van der Waals surface area contributed by atoms with Gasteiger partial charge < -0.3 is 35.4 Å². The number of carboxylic acids is 1. The molecule has 0 aliphatic heterocycles. The van der Waals surface area contributed by atoms with E-state index >= 15 is 0 Å². The van der Waals surface area contributed by atoms with E-state index in [2.05, 4.69) is 0 Å². The quantitative estimate of drug-likeness (QED) is 0.234. The molecule has 0 saturated heterocycles. The van der Waals surface area contributed by atoms with E-state index < -0.39 is 48.7 Å². The lowest BCUT2D eigenvalue weighted by Crippen LogP contribution is -2.57. The third kappa shape index (κ3) is 4.27. The van der Waals surface area contributed by atoms with Crippen LogP contribution in [0.15, 0.2) is 24.3 Å². The van der Waals surface area contributed by atoms with Crippen molar-refractivity contribution in [2.45, 2.75) is 36.8 Å². The maximum Gasteiger partial charge on any atom is 0.335 e. The molecule has 0 aromatic heterocycles. The Morgan fingerprint density at radius 2 is 1.84 bits per heavy atom. The molecule has 0 amide bonds. The summed E-state index contributed by atoms with van der Waals surface area (Å²) in [7, 11) is 0. The van der Waals surface area contributed by atoms with E-state index in [0.29, 0.717) is 5.56 Å². The van der Waals surface area contributed by atoms with Crippen LogP contribution in [0.5, 0.6) is 11.5 Å². The molecule has 1 aromatic rings. The lowest BCUT2D eigenvalue weighted by Gasteiger charge is -2.39. The molecule has 1 saturated carbocycles. The lowest BCUT2D eigenvalue weighted by atomic mass is 9.79. The van der Waals surface area contributed by atoms with Crippen LogP contribution in [-0.2, 0) is 14.3 Å². The molecule has 0 bridgehead atoms. The van der Waals surface area contributed by atoms with Crippen molar-refractivity contribution < 1.29 is 45.0 Å². The van der Waals surface area contributed by atoms with Gasteiger partial charge in [-0.1, -0.05) is 6.07 Å². The number of aliphatic hydroxyl groups is 3. The van der Waals surface area contributed by atoms with Crippen molar-refractivity contribution >= 4 is 18.0 Å². The Morgan fingerprint density at radius 1 is 1.16 bits per heavy atom. The summed E-state index contributed by atoms with van der Waals surface area (Å²) in [5.74, 6) is -3.24. The maximum absolute atomic E-state index is 11.8. The molecule has 25 heavy (non-hydrogen) atoms. The van der Waals surface area contributed by atoms with Crippen LogP contribution in [0.3, 0.4) is 0 Å². The monoisotopic (exact) mass is 354 g/mol. The fraction of sp³-hybridized carbons (Fsp3) is 0.375. The summed E-state index contributed by atoms with van der Waals surface area (Å²) in [4.78, 5) is 22.9. The Morgan fingerprint density at radius 3 is 2.44 bits per heavy atom. The molecule has 9 heteroatoms. The van der Waals surface area contributed by atoms with Gasteiger partial charge in [0, 0.05) is 18.9 Å². The van der Waals surface area contributed by atoms with Crippen molar-refractivity contribution in [3.05, 3.63) is 29.8 Å². The number of hydrogen-bond donors (Lipinski definition) is 6. The van der Waals surface area contributed by atoms with Crippen LogP contribution < -0.4 is 0 Å². The molecule has 1 aliphatic rings. The minimum Gasteiger partial charge on any atom is -0.504 e. The number of aliphatic hydroxyl groups excluding tert-OH is 2. The first kappa shape index (κ1) is 18.7. The predicted molar refractivity (Wildman–Crippen MR) is 82.5 cm³/mol. The largest absolute Gasteiger partial charge is 0.504 e. The van der Waals surface area contributed by atoms with Gasteiger partial charge in [0.2, 0.25) is 0 Å². The number of ether oxygens (including phenoxy) is 1. The average molecular weight is 354 g/mol. The molecule has 0 heterocycles. The third-order valence-corrected chi connectivity index (χ3v) is 3.94. The van der Waals surface area contributed by atoms with Crippen molar-refractivity contribution in [2.24, 2.45) is 0 Å². The van der Waals surface area contributed by atoms with Crippen LogP contribution >= 0.6 is 0 Å². The average Bonchev–Trinajstić information content (AvgIpc) is 2.53. The summed E-state index contributed by atoms with van der Waals surface area (Å²) in [5.41, 5.74) is -1.94. The zero-order valence-corrected chi connectivity index (χ0v) is 12.9. The predicted octanol–water partition coefficient (Wildman–Crippen LogP) is -0.646. The normalized spacial score (nSPS) is 29.5. The van der Waals surface area contributed by atoms with E-state index in [0.717, 1.165) is 6.08 Å². The van der Waals surface area contributed by atoms with Gasteiger partial charge in [-0.05, 0) is 23.8 Å². The third-order valence-electron chi connectivity index (χ3n) is 3.94. The molecular weight excluding hydrogens is 336 g/mol. The van der Waals surface area contributed by atoms with Gasteiger partial charge >= 0.3 is 11.9 Å². The lowest BCUT2D eigenvalue weighted by molar-refractivity contribution is -0.196. The molecule has 0 radical (unpaired) electrons. The second-order valence-corrected chi connectivity index (χ2v) is 5.86. The van der Waals surface area contributed by atoms with E-state index in [1.165, 1.54) is 24.3 Å². The first-order valence-corrected chi connectivity index (χ1v) is 7.35. The molecule has 4 atom stereocenters. The summed E-state index contributed by atoms with van der Waals surface area (Å²) < 4.78 is 4.92. The van der Waals surface area contributed by atoms with Gasteiger partial charge in [-0.3, -0.25) is 0 Å². The fourth-order valence-corrected chi connectivity index (χ4v) is 2.53. The molecule has 0 unspecified atom stereocenters. The number of esters is 1. The summed E-state index contributed by atoms with van der Waals surface area (Å²) in [6, 6.07) is 3.83. The van der Waals surface area contributed by atoms with E-state index in [1.807, 2.05) is 0 Å². The van der Waals surface area contributed by atoms with Crippen molar-refractivity contribution in [2.75, 3.05) is 0 Å². The van der Waals surface area contributed by atoms with Gasteiger partial charge in [0.05, 0.1) is 6.10 Å². The first-order chi connectivity index (χ1) is 11.6. The summed E-state index contributed by atoms with van der Waals surface area (Å²) >= 11 is 0. The second-order valence-electron chi connectivity index (χ2n) is 5.86. The van der Waals surface area contributed by atoms with Crippen molar-refractivity contribution in [3.63, 3.8) is 0 Å².